The lowest BCUT2D eigenvalue weighted by molar-refractivity contribution is 0.229. The number of carbonyl (C=O) groups is 2. The van der Waals surface area contributed by atoms with Crippen molar-refractivity contribution in [3.63, 3.8) is 0 Å². The van der Waals surface area contributed by atoms with Gasteiger partial charge in [-0.25, -0.2) is 9.59 Å². The third-order valence-corrected chi connectivity index (χ3v) is 8.28. The highest BCUT2D eigenvalue weighted by Gasteiger charge is 2.40. The van der Waals surface area contributed by atoms with Crippen molar-refractivity contribution in [2.75, 3.05) is 13.1 Å². The Morgan fingerprint density at radius 1 is 0.567 bits per heavy atom. The van der Waals surface area contributed by atoms with Crippen molar-refractivity contribution < 1.29 is 9.59 Å². The summed E-state index contributed by atoms with van der Waals surface area (Å²) in [5.74, 6) is 3.21. The Kier molecular flexibility index (Phi) is 7.78. The Hall–Kier alpha value is -1.46. The highest BCUT2D eigenvalue weighted by Crippen LogP contribution is 2.45. The van der Waals surface area contributed by atoms with E-state index in [9.17, 15) is 9.59 Å². The monoisotopic (exact) mass is 418 g/mol. The first kappa shape index (κ1) is 21.8. The van der Waals surface area contributed by atoms with Crippen LogP contribution in [0.25, 0.3) is 0 Å². The molecule has 4 rings (SSSR count). The number of rotatable bonds is 11. The molecule has 4 saturated carbocycles. The van der Waals surface area contributed by atoms with Gasteiger partial charge in [-0.15, -0.1) is 0 Å². The topological polar surface area (TPSA) is 82.3 Å². The second-order valence-corrected chi connectivity index (χ2v) is 10.5. The SMILES string of the molecule is O=C(NCCCCCCCCNC(=O)NC1CC2CCC1C2)NC1CC2CCC1C2. The van der Waals surface area contributed by atoms with Gasteiger partial charge in [0.05, 0.1) is 0 Å². The first-order valence-electron chi connectivity index (χ1n) is 12.8. The molecule has 4 aliphatic rings. The zero-order valence-corrected chi connectivity index (χ0v) is 18.6. The normalized spacial score (nSPS) is 33.6. The van der Waals surface area contributed by atoms with Gasteiger partial charge < -0.3 is 21.3 Å². The molecule has 0 spiro atoms. The van der Waals surface area contributed by atoms with E-state index in [-0.39, 0.29) is 12.1 Å². The lowest BCUT2D eigenvalue weighted by Gasteiger charge is -2.23. The molecule has 0 aromatic rings. The minimum absolute atomic E-state index is 0.0299. The van der Waals surface area contributed by atoms with Crippen LogP contribution in [0.3, 0.4) is 0 Å². The summed E-state index contributed by atoms with van der Waals surface area (Å²) in [6.07, 6.45) is 17.2. The standard InChI is InChI=1S/C24H42N4O2/c29-23(27-21-15-17-7-9-19(21)13-17)25-11-5-3-1-2-4-6-12-26-24(30)28-22-16-18-8-10-20(22)14-18/h17-22H,1-16H2,(H2,25,27,29)(H2,26,28,30). The zero-order chi connectivity index (χ0) is 20.8. The van der Waals surface area contributed by atoms with E-state index < -0.39 is 0 Å². The molecule has 0 saturated heterocycles. The first-order chi connectivity index (χ1) is 14.7. The van der Waals surface area contributed by atoms with Crippen molar-refractivity contribution in [3.05, 3.63) is 0 Å². The molecule has 6 heteroatoms. The largest absolute Gasteiger partial charge is 0.338 e. The van der Waals surface area contributed by atoms with Crippen molar-refractivity contribution >= 4 is 12.1 Å². The van der Waals surface area contributed by atoms with E-state index >= 15 is 0 Å². The molecule has 0 aromatic heterocycles. The predicted molar refractivity (Wildman–Crippen MR) is 119 cm³/mol. The van der Waals surface area contributed by atoms with Crippen molar-refractivity contribution in [2.45, 2.75) is 102 Å². The number of hydrogen-bond acceptors (Lipinski definition) is 2. The van der Waals surface area contributed by atoms with E-state index in [1.807, 2.05) is 0 Å². The molecule has 0 aliphatic heterocycles. The molecule has 4 N–H and O–H groups in total. The van der Waals surface area contributed by atoms with E-state index in [2.05, 4.69) is 21.3 Å². The molecule has 4 bridgehead atoms. The van der Waals surface area contributed by atoms with Crippen LogP contribution in [0.4, 0.5) is 9.59 Å². The Morgan fingerprint density at radius 3 is 1.37 bits per heavy atom. The van der Waals surface area contributed by atoms with Gasteiger partial charge in [-0.2, -0.15) is 0 Å². The summed E-state index contributed by atoms with van der Waals surface area (Å²) >= 11 is 0. The van der Waals surface area contributed by atoms with Gasteiger partial charge in [0.2, 0.25) is 0 Å². The molecular formula is C24H42N4O2. The maximum Gasteiger partial charge on any atom is 0.315 e. The number of nitrogens with one attached hydrogen (secondary N) is 4. The third-order valence-electron chi connectivity index (χ3n) is 8.28. The van der Waals surface area contributed by atoms with Gasteiger partial charge in [-0.3, -0.25) is 0 Å². The summed E-state index contributed by atoms with van der Waals surface area (Å²) < 4.78 is 0. The number of urea groups is 2. The molecule has 30 heavy (non-hydrogen) atoms. The van der Waals surface area contributed by atoms with Gasteiger partial charge in [-0.05, 0) is 75.0 Å². The minimum Gasteiger partial charge on any atom is -0.338 e. The van der Waals surface area contributed by atoms with E-state index in [4.69, 9.17) is 0 Å². The van der Waals surface area contributed by atoms with Gasteiger partial charge in [0.15, 0.2) is 0 Å². The lowest BCUT2D eigenvalue weighted by Crippen LogP contribution is -2.44. The Morgan fingerprint density at radius 2 is 1.00 bits per heavy atom. The molecule has 6 unspecified atom stereocenters. The van der Waals surface area contributed by atoms with Crippen LogP contribution in [0.1, 0.15) is 89.9 Å². The van der Waals surface area contributed by atoms with E-state index in [1.165, 1.54) is 64.2 Å². The maximum atomic E-state index is 12.0. The average molecular weight is 419 g/mol. The van der Waals surface area contributed by atoms with Gasteiger partial charge in [-0.1, -0.05) is 38.5 Å². The number of carbonyl (C=O) groups excluding carboxylic acids is 2. The fourth-order valence-corrected chi connectivity index (χ4v) is 6.64. The Balaban J connectivity index is 0.914. The summed E-state index contributed by atoms with van der Waals surface area (Å²) in [5, 5.41) is 12.4. The highest BCUT2D eigenvalue weighted by atomic mass is 16.2. The fraction of sp³-hybridized carbons (Fsp3) is 0.917. The van der Waals surface area contributed by atoms with E-state index in [0.29, 0.717) is 12.1 Å². The molecule has 6 atom stereocenters. The molecule has 4 amide bonds. The Labute approximate surface area is 182 Å². The van der Waals surface area contributed by atoms with Gasteiger partial charge in [0.25, 0.3) is 0 Å². The van der Waals surface area contributed by atoms with Crippen LogP contribution in [0, 0.1) is 23.7 Å². The summed E-state index contributed by atoms with van der Waals surface area (Å²) in [4.78, 5) is 24.0. The molecule has 170 valence electrons. The number of hydrogen-bond donors (Lipinski definition) is 4. The highest BCUT2D eigenvalue weighted by molar-refractivity contribution is 5.74. The van der Waals surface area contributed by atoms with Gasteiger partial charge in [0.1, 0.15) is 0 Å². The second-order valence-electron chi connectivity index (χ2n) is 10.5. The summed E-state index contributed by atoms with van der Waals surface area (Å²) in [5.41, 5.74) is 0. The molecule has 0 radical (unpaired) electrons. The van der Waals surface area contributed by atoms with Crippen LogP contribution in [0.5, 0.6) is 0 Å². The van der Waals surface area contributed by atoms with Crippen LogP contribution >= 0.6 is 0 Å². The number of amides is 4. The van der Waals surface area contributed by atoms with Crippen molar-refractivity contribution in [1.29, 1.82) is 0 Å². The predicted octanol–water partition coefficient (Wildman–Crippen LogP) is 4.30. The molecule has 0 heterocycles. The van der Waals surface area contributed by atoms with Crippen molar-refractivity contribution in [2.24, 2.45) is 23.7 Å². The summed E-state index contributed by atoms with van der Waals surface area (Å²) in [7, 11) is 0. The van der Waals surface area contributed by atoms with Crippen LogP contribution < -0.4 is 21.3 Å². The molecule has 0 aromatic carbocycles. The van der Waals surface area contributed by atoms with E-state index in [0.717, 1.165) is 62.4 Å². The van der Waals surface area contributed by atoms with E-state index in [1.54, 1.807) is 0 Å². The summed E-state index contributed by atoms with van der Waals surface area (Å²) in [6, 6.07) is 0.908. The van der Waals surface area contributed by atoms with Crippen LogP contribution in [0.15, 0.2) is 0 Å². The fourth-order valence-electron chi connectivity index (χ4n) is 6.64. The van der Waals surface area contributed by atoms with Crippen LogP contribution in [0.2, 0.25) is 0 Å². The minimum atomic E-state index is 0.0299. The molecule has 4 aliphatic carbocycles. The zero-order valence-electron chi connectivity index (χ0n) is 18.6. The molecule has 4 fully saturated rings. The lowest BCUT2D eigenvalue weighted by atomic mass is 9.95. The van der Waals surface area contributed by atoms with Crippen LogP contribution in [-0.2, 0) is 0 Å². The average Bonchev–Trinajstić information content (AvgIpc) is 3.51. The summed E-state index contributed by atoms with van der Waals surface area (Å²) in [6.45, 7) is 1.55. The van der Waals surface area contributed by atoms with Gasteiger partial charge in [0, 0.05) is 25.2 Å². The quantitative estimate of drug-likeness (QED) is 0.377. The second kappa shape index (κ2) is 10.7. The molecular weight excluding hydrogens is 376 g/mol. The third kappa shape index (κ3) is 6.04. The number of unbranched alkanes of at least 4 members (excludes halogenated alkanes) is 5. The van der Waals surface area contributed by atoms with Crippen molar-refractivity contribution in [1.82, 2.24) is 21.3 Å². The van der Waals surface area contributed by atoms with Gasteiger partial charge >= 0.3 is 12.1 Å². The van der Waals surface area contributed by atoms with Crippen molar-refractivity contribution in [3.8, 4) is 0 Å². The van der Waals surface area contributed by atoms with Crippen LogP contribution in [-0.4, -0.2) is 37.2 Å². The smallest absolute Gasteiger partial charge is 0.315 e. The Bertz CT molecular complexity index is 534. The maximum absolute atomic E-state index is 12.0. The first-order valence-corrected chi connectivity index (χ1v) is 12.8. The molecule has 6 nitrogen and oxygen atoms in total. The number of fused-ring (bicyclic) bond motifs is 4.